The Balaban J connectivity index is 2.64. The Morgan fingerprint density at radius 2 is 2.29 bits per heavy atom. The van der Waals surface area contributed by atoms with Gasteiger partial charge in [0.1, 0.15) is 17.0 Å². The smallest absolute Gasteiger partial charge is 0.278 e. The minimum Gasteiger partial charge on any atom is -0.317 e. The van der Waals surface area contributed by atoms with Crippen LogP contribution in [0.15, 0.2) is 29.2 Å². The molecule has 0 aromatic carbocycles. The van der Waals surface area contributed by atoms with E-state index in [1.54, 1.807) is 16.8 Å². The molecule has 0 aliphatic carbocycles. The van der Waals surface area contributed by atoms with Gasteiger partial charge >= 0.3 is 0 Å². The van der Waals surface area contributed by atoms with Gasteiger partial charge in [0.2, 0.25) is 11.5 Å². The van der Waals surface area contributed by atoms with Gasteiger partial charge in [-0.15, -0.1) is 0 Å². The summed E-state index contributed by atoms with van der Waals surface area (Å²) in [5.74, 6) is 0.331. The molecule has 21 heavy (non-hydrogen) atoms. The van der Waals surface area contributed by atoms with Gasteiger partial charge in [-0.05, 0) is 26.0 Å². The summed E-state index contributed by atoms with van der Waals surface area (Å²) in [6.45, 7) is 4.33. The van der Waals surface area contributed by atoms with Crippen molar-refractivity contribution in [2.45, 2.75) is 20.4 Å². The molecule has 0 aliphatic rings. The molecule has 0 saturated heterocycles. The van der Waals surface area contributed by atoms with Crippen LogP contribution in [-0.2, 0) is 6.54 Å². The van der Waals surface area contributed by atoms with E-state index in [1.165, 1.54) is 10.5 Å². The minimum absolute atomic E-state index is 0.197. The Morgan fingerprint density at radius 1 is 1.52 bits per heavy atom. The number of anilines is 1. The van der Waals surface area contributed by atoms with Crippen molar-refractivity contribution in [3.63, 3.8) is 0 Å². The van der Waals surface area contributed by atoms with Gasteiger partial charge in [-0.2, -0.15) is 5.26 Å². The zero-order valence-corrected chi connectivity index (χ0v) is 11.8. The van der Waals surface area contributed by atoms with E-state index in [1.807, 2.05) is 26.0 Å². The molecule has 6 nitrogen and oxygen atoms in total. The highest BCUT2D eigenvalue weighted by Crippen LogP contribution is 2.14. The quantitative estimate of drug-likeness (QED) is 0.530. The number of pyridine rings is 2. The Morgan fingerprint density at radius 3 is 2.95 bits per heavy atom. The van der Waals surface area contributed by atoms with Crippen molar-refractivity contribution < 1.29 is 4.57 Å². The number of nitriles is 1. The monoisotopic (exact) mass is 280 g/mol. The van der Waals surface area contributed by atoms with E-state index in [2.05, 4.69) is 4.98 Å². The molecule has 0 fully saturated rings. The predicted octanol–water partition coefficient (Wildman–Crippen LogP) is 0.917. The van der Waals surface area contributed by atoms with E-state index in [0.29, 0.717) is 29.0 Å². The van der Waals surface area contributed by atoms with Crippen molar-refractivity contribution in [2.75, 3.05) is 5.73 Å². The average molecular weight is 280 g/mol. The van der Waals surface area contributed by atoms with Crippen molar-refractivity contribution >= 4 is 22.5 Å². The summed E-state index contributed by atoms with van der Waals surface area (Å²) in [6, 6.07) is 7.24. The fourth-order valence-electron chi connectivity index (χ4n) is 2.52. The van der Waals surface area contributed by atoms with Crippen LogP contribution < -0.4 is 15.9 Å². The lowest BCUT2D eigenvalue weighted by Crippen LogP contribution is -2.40. The summed E-state index contributed by atoms with van der Waals surface area (Å²) in [6.07, 6.45) is 1.68. The van der Waals surface area contributed by atoms with Gasteiger partial charge in [0.25, 0.3) is 11.2 Å². The maximum absolute atomic E-state index is 12.6. The van der Waals surface area contributed by atoms with Crippen LogP contribution >= 0.6 is 0 Å². The van der Waals surface area contributed by atoms with Gasteiger partial charge in [-0.1, -0.05) is 11.1 Å². The molecule has 6 heteroatoms. The predicted molar refractivity (Wildman–Crippen MR) is 78.7 cm³/mol. The van der Waals surface area contributed by atoms with Crippen LogP contribution in [0.5, 0.6) is 0 Å². The molecular formula is C15H14N5O+. The summed E-state index contributed by atoms with van der Waals surface area (Å²) < 4.78 is 3.19. The van der Waals surface area contributed by atoms with Crippen LogP contribution in [0.1, 0.15) is 18.1 Å². The van der Waals surface area contributed by atoms with Crippen molar-refractivity contribution in [2.24, 2.45) is 0 Å². The first-order valence-electron chi connectivity index (χ1n) is 6.62. The van der Waals surface area contributed by atoms with Crippen molar-refractivity contribution in [1.29, 1.82) is 5.26 Å². The van der Waals surface area contributed by atoms with E-state index in [4.69, 9.17) is 5.73 Å². The van der Waals surface area contributed by atoms with E-state index in [9.17, 15) is 10.1 Å². The Bertz CT molecular complexity index is 981. The first-order valence-corrected chi connectivity index (χ1v) is 6.62. The second-order valence-corrected chi connectivity index (χ2v) is 4.84. The molecule has 0 unspecified atom stereocenters. The normalized spacial score (nSPS) is 10.9. The summed E-state index contributed by atoms with van der Waals surface area (Å²) in [5.41, 5.74) is 8.10. The number of aryl methyl sites for hydroxylation is 2. The van der Waals surface area contributed by atoms with E-state index < -0.39 is 0 Å². The molecule has 3 rings (SSSR count). The van der Waals surface area contributed by atoms with E-state index in [-0.39, 0.29) is 11.1 Å². The molecule has 0 amide bonds. The molecule has 104 valence electrons. The highest BCUT2D eigenvalue weighted by atomic mass is 16.1. The molecule has 0 bridgehead atoms. The molecule has 0 aliphatic heterocycles. The number of fused-ring (bicyclic) bond motifs is 2. The molecule has 0 atom stereocenters. The molecule has 0 spiro atoms. The van der Waals surface area contributed by atoms with Gasteiger partial charge < -0.3 is 5.73 Å². The number of rotatable bonds is 1. The molecule has 2 N–H and O–H groups in total. The van der Waals surface area contributed by atoms with Crippen LogP contribution in [0, 0.1) is 18.3 Å². The lowest BCUT2D eigenvalue weighted by molar-refractivity contribution is -0.655. The van der Waals surface area contributed by atoms with Crippen LogP contribution in [0.25, 0.3) is 16.7 Å². The zero-order valence-electron chi connectivity index (χ0n) is 11.8. The second kappa shape index (κ2) is 4.56. The molecule has 3 heterocycles. The molecule has 0 saturated carbocycles. The van der Waals surface area contributed by atoms with Crippen molar-refractivity contribution in [3.05, 3.63) is 45.9 Å². The lowest BCUT2D eigenvalue weighted by Gasteiger charge is -2.08. The molecule has 3 aromatic heterocycles. The van der Waals surface area contributed by atoms with Crippen molar-refractivity contribution in [3.8, 4) is 6.07 Å². The highest BCUT2D eigenvalue weighted by molar-refractivity contribution is 5.77. The summed E-state index contributed by atoms with van der Waals surface area (Å²) in [7, 11) is 0. The Labute approximate surface area is 120 Å². The Kier molecular flexibility index (Phi) is 2.84. The standard InChI is InChI=1S/C15H13N5O/c1-3-19-12(17)10(8-16)7-11-14(19)18-13-9(2)5-4-6-20(13)15(11)21/h4-7,17H,3H2,1-2H3/p+1. The Hall–Kier alpha value is -2.94. The van der Waals surface area contributed by atoms with Crippen LogP contribution in [0.4, 0.5) is 5.82 Å². The van der Waals surface area contributed by atoms with Crippen LogP contribution in [0.3, 0.4) is 0 Å². The number of aromatic nitrogens is 3. The molecule has 3 aromatic rings. The lowest BCUT2D eigenvalue weighted by atomic mass is 10.2. The average Bonchev–Trinajstić information content (AvgIpc) is 2.48. The van der Waals surface area contributed by atoms with E-state index >= 15 is 0 Å². The third-order valence-electron chi connectivity index (χ3n) is 3.61. The summed E-state index contributed by atoms with van der Waals surface area (Å²) in [5, 5.41) is 9.57. The SMILES string of the molecule is CC[n+]1c(N)c(C#N)cc2c(=O)n3cccc(C)c3nc21. The van der Waals surface area contributed by atoms with Crippen molar-refractivity contribution in [1.82, 2.24) is 9.38 Å². The third-order valence-corrected chi connectivity index (χ3v) is 3.61. The molecular weight excluding hydrogens is 266 g/mol. The van der Waals surface area contributed by atoms with Gasteiger partial charge in [-0.25, -0.2) is 4.57 Å². The topological polar surface area (TPSA) is 88.1 Å². The summed E-state index contributed by atoms with van der Waals surface area (Å²) in [4.78, 5) is 17.2. The van der Waals surface area contributed by atoms with Gasteiger partial charge in [0.15, 0.2) is 0 Å². The van der Waals surface area contributed by atoms with Crippen LogP contribution in [-0.4, -0.2) is 9.38 Å². The van der Waals surface area contributed by atoms with E-state index in [0.717, 1.165) is 5.56 Å². The first-order chi connectivity index (χ1) is 10.1. The maximum Gasteiger partial charge on any atom is 0.278 e. The summed E-state index contributed by atoms with van der Waals surface area (Å²) >= 11 is 0. The second-order valence-electron chi connectivity index (χ2n) is 4.84. The number of nitrogens with zero attached hydrogens (tertiary/aromatic N) is 4. The number of nitrogens with two attached hydrogens (primary N) is 1. The van der Waals surface area contributed by atoms with Gasteiger partial charge in [0.05, 0.1) is 6.54 Å². The van der Waals surface area contributed by atoms with Gasteiger partial charge in [0, 0.05) is 11.8 Å². The number of hydrogen-bond donors (Lipinski definition) is 1. The fraction of sp³-hybridized carbons (Fsp3) is 0.200. The maximum atomic E-state index is 12.6. The molecule has 0 radical (unpaired) electrons. The number of nitrogen functional groups attached to an aromatic ring is 1. The zero-order chi connectivity index (χ0) is 15.1. The first kappa shape index (κ1) is 13.1. The number of hydrogen-bond acceptors (Lipinski definition) is 4. The highest BCUT2D eigenvalue weighted by Gasteiger charge is 2.20. The largest absolute Gasteiger partial charge is 0.317 e. The van der Waals surface area contributed by atoms with Gasteiger partial charge in [-0.3, -0.25) is 9.20 Å². The third kappa shape index (κ3) is 1.75. The van der Waals surface area contributed by atoms with Crippen LogP contribution in [0.2, 0.25) is 0 Å². The fourth-order valence-corrected chi connectivity index (χ4v) is 2.52. The minimum atomic E-state index is -0.197.